The molecule has 146 valence electrons. The molecular weight excluding hydrogens is 336 g/mol. The molecule has 0 saturated heterocycles. The number of aliphatic carboxylic acids is 1. The molecule has 0 amide bonds. The molecule has 0 aromatic rings. The lowest BCUT2D eigenvalue weighted by Gasteiger charge is -2.58. The molecule has 27 heavy (non-hydrogen) atoms. The van der Waals surface area contributed by atoms with E-state index in [1.807, 2.05) is 6.08 Å². The molecule has 0 aromatic heterocycles. The van der Waals surface area contributed by atoms with Gasteiger partial charge in [0.05, 0.1) is 0 Å². The van der Waals surface area contributed by atoms with Gasteiger partial charge in [0.2, 0.25) is 0 Å². The molecule has 0 aromatic carbocycles. The van der Waals surface area contributed by atoms with Crippen molar-refractivity contribution < 1.29 is 14.7 Å². The van der Waals surface area contributed by atoms with Crippen LogP contribution in [0, 0.1) is 34.5 Å². The molecule has 0 bridgehead atoms. The number of carboxylic acid groups (broad SMARTS) is 1. The van der Waals surface area contributed by atoms with Gasteiger partial charge in [0.15, 0.2) is 5.78 Å². The molecule has 4 rings (SSSR count). The summed E-state index contributed by atoms with van der Waals surface area (Å²) < 4.78 is 0. The van der Waals surface area contributed by atoms with E-state index in [-0.39, 0.29) is 23.2 Å². The van der Waals surface area contributed by atoms with Crippen molar-refractivity contribution in [2.45, 2.75) is 65.2 Å². The lowest BCUT2D eigenvalue weighted by Crippen LogP contribution is -2.50. The van der Waals surface area contributed by atoms with E-state index in [2.05, 4.69) is 27.0 Å². The summed E-state index contributed by atoms with van der Waals surface area (Å²) >= 11 is 0. The number of hydrogen-bond donors (Lipinski definition) is 1. The van der Waals surface area contributed by atoms with Crippen molar-refractivity contribution in [2.24, 2.45) is 34.5 Å². The Bertz CT molecular complexity index is 760. The Morgan fingerprint density at radius 3 is 2.63 bits per heavy atom. The second-order valence-electron chi connectivity index (χ2n) is 9.92. The van der Waals surface area contributed by atoms with Gasteiger partial charge < -0.3 is 5.11 Å². The molecular formula is C24H32O3. The van der Waals surface area contributed by atoms with Gasteiger partial charge in [0.25, 0.3) is 0 Å². The first-order valence-electron chi connectivity index (χ1n) is 10.5. The minimum atomic E-state index is -0.721. The Morgan fingerprint density at radius 2 is 1.93 bits per heavy atom. The van der Waals surface area contributed by atoms with E-state index >= 15 is 0 Å². The minimum Gasteiger partial charge on any atom is -0.481 e. The maximum Gasteiger partial charge on any atom is 0.303 e. The molecule has 1 N–H and O–H groups in total. The maximum absolute atomic E-state index is 12.0. The average Bonchev–Trinajstić information content (AvgIpc) is 2.80. The highest BCUT2D eigenvalue weighted by Crippen LogP contribution is 2.69. The topological polar surface area (TPSA) is 54.4 Å². The van der Waals surface area contributed by atoms with Crippen molar-refractivity contribution in [1.82, 2.24) is 0 Å². The predicted octanol–water partition coefficient (Wildman–Crippen LogP) is 5.33. The molecule has 4 aliphatic rings. The van der Waals surface area contributed by atoms with Gasteiger partial charge in [0, 0.05) is 12.8 Å². The van der Waals surface area contributed by atoms with E-state index in [1.54, 1.807) is 0 Å². The zero-order valence-electron chi connectivity index (χ0n) is 16.7. The van der Waals surface area contributed by atoms with Crippen molar-refractivity contribution in [3.05, 3.63) is 36.0 Å². The Balaban J connectivity index is 1.67. The monoisotopic (exact) mass is 368 g/mol. The van der Waals surface area contributed by atoms with Gasteiger partial charge in [-0.2, -0.15) is 0 Å². The molecule has 6 atom stereocenters. The molecule has 3 nitrogen and oxygen atoms in total. The van der Waals surface area contributed by atoms with Crippen LogP contribution in [0.4, 0.5) is 0 Å². The summed E-state index contributed by atoms with van der Waals surface area (Å²) in [6.45, 7) is 13.6. The number of hydrogen-bond acceptors (Lipinski definition) is 2. The summed E-state index contributed by atoms with van der Waals surface area (Å²) in [6, 6.07) is 0. The predicted molar refractivity (Wildman–Crippen MR) is 106 cm³/mol. The van der Waals surface area contributed by atoms with E-state index in [0.29, 0.717) is 36.4 Å². The van der Waals surface area contributed by atoms with Crippen molar-refractivity contribution in [3.63, 3.8) is 0 Å². The van der Waals surface area contributed by atoms with E-state index in [4.69, 9.17) is 0 Å². The van der Waals surface area contributed by atoms with Crippen LogP contribution < -0.4 is 0 Å². The average molecular weight is 369 g/mol. The van der Waals surface area contributed by atoms with Crippen molar-refractivity contribution >= 4 is 11.8 Å². The van der Waals surface area contributed by atoms with Crippen LogP contribution in [0.15, 0.2) is 36.0 Å². The lowest BCUT2D eigenvalue weighted by molar-refractivity contribution is -0.137. The highest BCUT2D eigenvalue weighted by Gasteiger charge is 2.60. The number of fused-ring (bicyclic) bond motifs is 5. The molecule has 0 heterocycles. The van der Waals surface area contributed by atoms with E-state index in [9.17, 15) is 14.7 Å². The van der Waals surface area contributed by atoms with Gasteiger partial charge in [-0.15, -0.1) is 0 Å². The maximum atomic E-state index is 12.0. The van der Waals surface area contributed by atoms with E-state index < -0.39 is 5.97 Å². The number of carboxylic acids is 1. The molecule has 3 unspecified atom stereocenters. The van der Waals surface area contributed by atoms with Crippen LogP contribution in [0.1, 0.15) is 65.2 Å². The number of allylic oxidation sites excluding steroid dienone is 3. The number of rotatable bonds is 3. The normalized spacial score (nSPS) is 43.6. The van der Waals surface area contributed by atoms with Gasteiger partial charge in [-0.3, -0.25) is 9.59 Å². The van der Waals surface area contributed by atoms with Crippen LogP contribution >= 0.6 is 0 Å². The number of carbonyl (C=O) groups is 2. The van der Waals surface area contributed by atoms with E-state index in [1.165, 1.54) is 17.6 Å². The molecule has 3 heteroatoms. The second-order valence-corrected chi connectivity index (χ2v) is 9.92. The van der Waals surface area contributed by atoms with Crippen LogP contribution in [0.2, 0.25) is 0 Å². The van der Waals surface area contributed by atoms with E-state index in [0.717, 1.165) is 31.3 Å². The van der Waals surface area contributed by atoms with Gasteiger partial charge in [-0.25, -0.2) is 0 Å². The first-order valence-corrected chi connectivity index (χ1v) is 10.5. The molecule has 3 fully saturated rings. The third kappa shape index (κ3) is 2.61. The zero-order valence-corrected chi connectivity index (χ0v) is 16.7. The van der Waals surface area contributed by atoms with Gasteiger partial charge in [-0.1, -0.05) is 32.6 Å². The second kappa shape index (κ2) is 6.18. The fraction of sp³-hybridized carbons (Fsp3) is 0.667. The SMILES string of the molecule is C=C1C(=C)[C@@H](CCC(=O)O)[C@@]2(C)CCC3C(CCC4=CC(=O)CC[C@@]43C)C12. The fourth-order valence-corrected chi connectivity index (χ4v) is 7.44. The molecule has 4 aliphatic carbocycles. The van der Waals surface area contributed by atoms with Crippen molar-refractivity contribution in [2.75, 3.05) is 0 Å². The molecule has 3 saturated carbocycles. The number of carbonyl (C=O) groups excluding carboxylic acids is 1. The minimum absolute atomic E-state index is 0.0901. The number of ketones is 1. The molecule has 0 radical (unpaired) electrons. The van der Waals surface area contributed by atoms with Gasteiger partial charge in [-0.05, 0) is 90.2 Å². The summed E-state index contributed by atoms with van der Waals surface area (Å²) in [7, 11) is 0. The molecule has 0 aliphatic heterocycles. The lowest BCUT2D eigenvalue weighted by atomic mass is 9.46. The Hall–Kier alpha value is -1.64. The largest absolute Gasteiger partial charge is 0.481 e. The van der Waals surface area contributed by atoms with Crippen LogP contribution in [-0.2, 0) is 9.59 Å². The quantitative estimate of drug-likeness (QED) is 0.732. The van der Waals surface area contributed by atoms with Crippen molar-refractivity contribution in [1.29, 1.82) is 0 Å². The standard InChI is InChI=1S/C24H32O3/c1-14-15(2)22-18-6-5-16-13-17(25)9-11-23(16,3)20(18)10-12-24(22,4)19(14)7-8-21(26)27/h13,18-20,22H,1-2,5-12H2,3-4H3,(H,26,27)/t18?,19-,20?,22?,23+,24-/m1/s1. The Labute approximate surface area is 162 Å². The van der Waals surface area contributed by atoms with Crippen LogP contribution in [0.3, 0.4) is 0 Å². The third-order valence-electron chi connectivity index (χ3n) is 8.83. The summed E-state index contributed by atoms with van der Waals surface area (Å²) in [5.41, 5.74) is 3.92. The summed E-state index contributed by atoms with van der Waals surface area (Å²) in [5.74, 6) is 1.42. The third-order valence-corrected chi connectivity index (χ3v) is 8.83. The molecule has 0 spiro atoms. The summed E-state index contributed by atoms with van der Waals surface area (Å²) in [5, 5.41) is 9.19. The Morgan fingerprint density at radius 1 is 1.19 bits per heavy atom. The zero-order chi connectivity index (χ0) is 19.6. The fourth-order valence-electron chi connectivity index (χ4n) is 7.44. The van der Waals surface area contributed by atoms with Gasteiger partial charge in [0.1, 0.15) is 0 Å². The highest BCUT2D eigenvalue weighted by atomic mass is 16.4. The summed E-state index contributed by atoms with van der Waals surface area (Å²) in [4.78, 5) is 23.1. The highest BCUT2D eigenvalue weighted by molar-refractivity contribution is 5.91. The van der Waals surface area contributed by atoms with Crippen LogP contribution in [0.5, 0.6) is 0 Å². The first-order chi connectivity index (χ1) is 12.7. The van der Waals surface area contributed by atoms with Crippen molar-refractivity contribution in [3.8, 4) is 0 Å². The Kier molecular flexibility index (Phi) is 4.29. The summed E-state index contributed by atoms with van der Waals surface area (Å²) in [6.07, 6.45) is 8.92. The first kappa shape index (κ1) is 18.7. The smallest absolute Gasteiger partial charge is 0.303 e. The van der Waals surface area contributed by atoms with Gasteiger partial charge >= 0.3 is 5.97 Å². The van der Waals surface area contributed by atoms with Crippen LogP contribution in [0.25, 0.3) is 0 Å². The van der Waals surface area contributed by atoms with Crippen LogP contribution in [-0.4, -0.2) is 16.9 Å².